The Morgan fingerprint density at radius 1 is 1.38 bits per heavy atom. The zero-order chi connectivity index (χ0) is 17.3. The number of methoxy groups -OCH3 is 1. The molecule has 0 aromatic heterocycles. The van der Waals surface area contributed by atoms with Gasteiger partial charge in [-0.2, -0.15) is 0 Å². The number of amides is 2. The Balaban J connectivity index is 1.78. The topological polar surface area (TPSA) is 102 Å². The standard InChI is InChI=1S/C16H19N3O5/c1-24-11-2-3-13(19(22)23)12(8-11)15(21)18-6-4-16(5-7-18)9-14(20)17-10-16/h2-3,8H,4-7,9-10H2,1H3,(H,17,20). The van der Waals surface area contributed by atoms with Crippen molar-refractivity contribution >= 4 is 17.5 Å². The summed E-state index contributed by atoms with van der Waals surface area (Å²) < 4.78 is 5.08. The van der Waals surface area contributed by atoms with E-state index in [0.717, 1.165) is 12.8 Å². The average Bonchev–Trinajstić information content (AvgIpc) is 2.94. The smallest absolute Gasteiger partial charge is 0.282 e. The third-order valence-corrected chi connectivity index (χ3v) is 4.94. The van der Waals surface area contributed by atoms with Gasteiger partial charge in [0.05, 0.1) is 12.0 Å². The Hall–Kier alpha value is -2.64. The predicted molar refractivity (Wildman–Crippen MR) is 84.8 cm³/mol. The SMILES string of the molecule is COc1ccc([N+](=O)[O-])c(C(=O)N2CCC3(CC2)CNC(=O)C3)c1. The minimum Gasteiger partial charge on any atom is -0.497 e. The number of ether oxygens (including phenoxy) is 1. The quantitative estimate of drug-likeness (QED) is 0.664. The first-order valence-corrected chi connectivity index (χ1v) is 7.82. The van der Waals surface area contributed by atoms with Crippen molar-refractivity contribution in [1.29, 1.82) is 0 Å². The summed E-state index contributed by atoms with van der Waals surface area (Å²) in [4.78, 5) is 36.5. The van der Waals surface area contributed by atoms with Crippen molar-refractivity contribution in [3.63, 3.8) is 0 Å². The normalized spacial score (nSPS) is 19.2. The molecule has 8 nitrogen and oxygen atoms in total. The van der Waals surface area contributed by atoms with Crippen LogP contribution in [0.4, 0.5) is 5.69 Å². The van der Waals surface area contributed by atoms with E-state index in [1.165, 1.54) is 25.3 Å². The van der Waals surface area contributed by atoms with Gasteiger partial charge in [0.25, 0.3) is 11.6 Å². The molecule has 1 aromatic rings. The van der Waals surface area contributed by atoms with Crippen LogP contribution in [0.1, 0.15) is 29.6 Å². The predicted octanol–water partition coefficient (Wildman–Crippen LogP) is 1.35. The lowest BCUT2D eigenvalue weighted by Crippen LogP contribution is -2.44. The molecule has 8 heteroatoms. The van der Waals surface area contributed by atoms with Gasteiger partial charge in [-0.1, -0.05) is 0 Å². The number of nitro benzene ring substituents is 1. The van der Waals surface area contributed by atoms with Crippen molar-refractivity contribution in [2.45, 2.75) is 19.3 Å². The largest absolute Gasteiger partial charge is 0.497 e. The molecule has 1 spiro atoms. The van der Waals surface area contributed by atoms with Crippen LogP contribution < -0.4 is 10.1 Å². The molecule has 0 aliphatic carbocycles. The zero-order valence-electron chi connectivity index (χ0n) is 13.4. The molecule has 128 valence electrons. The van der Waals surface area contributed by atoms with Gasteiger partial charge in [-0.25, -0.2) is 0 Å². The van der Waals surface area contributed by atoms with Crippen LogP contribution in [0.5, 0.6) is 5.75 Å². The summed E-state index contributed by atoms with van der Waals surface area (Å²) in [6, 6.07) is 4.17. The van der Waals surface area contributed by atoms with Crippen LogP contribution in [-0.4, -0.2) is 48.4 Å². The number of nitrogens with zero attached hydrogens (tertiary/aromatic N) is 2. The maximum Gasteiger partial charge on any atom is 0.282 e. The number of hydrogen-bond acceptors (Lipinski definition) is 5. The van der Waals surface area contributed by atoms with Gasteiger partial charge in [0, 0.05) is 32.1 Å². The molecular weight excluding hydrogens is 314 g/mol. The summed E-state index contributed by atoms with van der Waals surface area (Å²) in [6.07, 6.45) is 1.93. The van der Waals surface area contributed by atoms with E-state index >= 15 is 0 Å². The Labute approximate surface area is 138 Å². The number of benzene rings is 1. The minimum absolute atomic E-state index is 0.0379. The van der Waals surface area contributed by atoms with Gasteiger partial charge in [-0.15, -0.1) is 0 Å². The van der Waals surface area contributed by atoms with Crippen LogP contribution in [0.3, 0.4) is 0 Å². The maximum absolute atomic E-state index is 12.7. The van der Waals surface area contributed by atoms with E-state index in [-0.39, 0.29) is 28.5 Å². The van der Waals surface area contributed by atoms with E-state index < -0.39 is 4.92 Å². The fraction of sp³-hybridized carbons (Fsp3) is 0.500. The highest BCUT2D eigenvalue weighted by Crippen LogP contribution is 2.38. The summed E-state index contributed by atoms with van der Waals surface area (Å²) in [5.74, 6) is 0.0916. The van der Waals surface area contributed by atoms with Gasteiger partial charge in [-0.3, -0.25) is 19.7 Å². The summed E-state index contributed by atoms with van der Waals surface area (Å²) in [6.45, 7) is 1.62. The van der Waals surface area contributed by atoms with Crippen molar-refractivity contribution in [2.24, 2.45) is 5.41 Å². The summed E-state index contributed by atoms with van der Waals surface area (Å²) >= 11 is 0. The second-order valence-electron chi connectivity index (χ2n) is 6.39. The van der Waals surface area contributed by atoms with E-state index in [4.69, 9.17) is 4.74 Å². The third-order valence-electron chi connectivity index (χ3n) is 4.94. The van der Waals surface area contributed by atoms with Gasteiger partial charge in [0.1, 0.15) is 11.3 Å². The van der Waals surface area contributed by atoms with Crippen LogP contribution in [0.25, 0.3) is 0 Å². The molecule has 1 N–H and O–H groups in total. The van der Waals surface area contributed by atoms with Crippen LogP contribution in [0, 0.1) is 15.5 Å². The van der Waals surface area contributed by atoms with Gasteiger partial charge >= 0.3 is 0 Å². The van der Waals surface area contributed by atoms with Gasteiger partial charge in [-0.05, 0) is 30.4 Å². The van der Waals surface area contributed by atoms with E-state index in [1.54, 1.807) is 4.90 Å². The second-order valence-corrected chi connectivity index (χ2v) is 6.39. The molecule has 0 unspecified atom stereocenters. The molecule has 0 radical (unpaired) electrons. The summed E-state index contributed by atoms with van der Waals surface area (Å²) in [5, 5.41) is 14.0. The molecule has 2 fully saturated rings. The van der Waals surface area contributed by atoms with Gasteiger partial charge in [0.2, 0.25) is 5.91 Å². The Kier molecular flexibility index (Phi) is 4.13. The molecule has 24 heavy (non-hydrogen) atoms. The highest BCUT2D eigenvalue weighted by Gasteiger charge is 2.42. The minimum atomic E-state index is -0.558. The van der Waals surface area contributed by atoms with Crippen molar-refractivity contribution < 1.29 is 19.2 Å². The molecule has 2 amide bonds. The molecule has 2 heterocycles. The Morgan fingerprint density at radius 2 is 2.08 bits per heavy atom. The van der Waals surface area contributed by atoms with Crippen molar-refractivity contribution in [2.75, 3.05) is 26.7 Å². The molecule has 3 rings (SSSR count). The lowest BCUT2D eigenvalue weighted by molar-refractivity contribution is -0.385. The number of piperidine rings is 1. The first-order valence-electron chi connectivity index (χ1n) is 7.82. The lowest BCUT2D eigenvalue weighted by atomic mass is 9.77. The third kappa shape index (κ3) is 2.91. The fourth-order valence-corrected chi connectivity index (χ4v) is 3.43. The van der Waals surface area contributed by atoms with Gasteiger partial charge in [0.15, 0.2) is 0 Å². The van der Waals surface area contributed by atoms with E-state index in [0.29, 0.717) is 31.8 Å². The number of nitro groups is 1. The number of rotatable bonds is 3. The molecular formula is C16H19N3O5. The number of carbonyl (C=O) groups excluding carboxylic acids is 2. The zero-order valence-corrected chi connectivity index (χ0v) is 13.4. The summed E-state index contributed by atoms with van der Waals surface area (Å²) in [7, 11) is 1.45. The average molecular weight is 333 g/mol. The molecule has 0 atom stereocenters. The van der Waals surface area contributed by atoms with Crippen LogP contribution in [0.2, 0.25) is 0 Å². The summed E-state index contributed by atoms with van der Waals surface area (Å²) in [5.41, 5.74) is -0.261. The number of likely N-dealkylation sites (tertiary alicyclic amines) is 1. The molecule has 1 aromatic carbocycles. The highest BCUT2D eigenvalue weighted by molar-refractivity contribution is 5.98. The molecule has 2 aliphatic rings. The van der Waals surface area contributed by atoms with E-state index in [9.17, 15) is 19.7 Å². The lowest BCUT2D eigenvalue weighted by Gasteiger charge is -2.38. The Morgan fingerprint density at radius 3 is 2.62 bits per heavy atom. The molecule has 0 saturated carbocycles. The van der Waals surface area contributed by atoms with Crippen LogP contribution in [-0.2, 0) is 4.79 Å². The van der Waals surface area contributed by atoms with E-state index in [1.807, 2.05) is 0 Å². The number of carbonyl (C=O) groups is 2. The van der Waals surface area contributed by atoms with Crippen molar-refractivity contribution in [3.05, 3.63) is 33.9 Å². The first-order chi connectivity index (χ1) is 11.4. The molecule has 0 bridgehead atoms. The van der Waals surface area contributed by atoms with Crippen molar-refractivity contribution in [1.82, 2.24) is 10.2 Å². The van der Waals surface area contributed by atoms with Crippen LogP contribution in [0.15, 0.2) is 18.2 Å². The number of nitrogens with one attached hydrogen (secondary N) is 1. The molecule has 2 aliphatic heterocycles. The van der Waals surface area contributed by atoms with Gasteiger partial charge < -0.3 is 15.0 Å². The molecule has 2 saturated heterocycles. The van der Waals surface area contributed by atoms with E-state index in [2.05, 4.69) is 5.32 Å². The van der Waals surface area contributed by atoms with Crippen molar-refractivity contribution in [3.8, 4) is 5.75 Å². The van der Waals surface area contributed by atoms with Crippen LogP contribution >= 0.6 is 0 Å². The Bertz CT molecular complexity index is 695. The highest BCUT2D eigenvalue weighted by atomic mass is 16.6. The maximum atomic E-state index is 12.7. The fourth-order valence-electron chi connectivity index (χ4n) is 3.43. The second kappa shape index (κ2) is 6.10. The number of hydrogen-bond donors (Lipinski definition) is 1. The first kappa shape index (κ1) is 16.2. The monoisotopic (exact) mass is 333 g/mol.